The highest BCUT2D eigenvalue weighted by Gasteiger charge is 2.33. The van der Waals surface area contributed by atoms with Crippen molar-refractivity contribution in [3.63, 3.8) is 0 Å². The first kappa shape index (κ1) is 18.0. The number of carbonyl (C=O) groups is 3. The number of carbonyl (C=O) groups excluding carboxylic acids is 3. The van der Waals surface area contributed by atoms with Crippen molar-refractivity contribution in [3.05, 3.63) is 30.3 Å². The standard InChI is InChI=1S/C18H24N2O4/c1-3-20(15-10-6-5-7-11-15)17(22)16(21)19-12-8-9-14(13-19)18(23)24-4-2/h5-7,10-11,14H,3-4,8-9,12-13H2,1-2H3. The van der Waals surface area contributed by atoms with E-state index in [9.17, 15) is 14.4 Å². The predicted molar refractivity (Wildman–Crippen MR) is 90.4 cm³/mol. The van der Waals surface area contributed by atoms with E-state index < -0.39 is 11.8 Å². The first-order valence-corrected chi connectivity index (χ1v) is 8.40. The first-order chi connectivity index (χ1) is 11.6. The maximum absolute atomic E-state index is 12.6. The summed E-state index contributed by atoms with van der Waals surface area (Å²) in [6.45, 7) is 5.05. The minimum Gasteiger partial charge on any atom is -0.466 e. The van der Waals surface area contributed by atoms with E-state index in [-0.39, 0.29) is 18.4 Å². The van der Waals surface area contributed by atoms with Crippen molar-refractivity contribution in [1.82, 2.24) is 4.90 Å². The van der Waals surface area contributed by atoms with E-state index in [0.717, 1.165) is 0 Å². The second kappa shape index (κ2) is 8.47. The number of likely N-dealkylation sites (N-methyl/N-ethyl adjacent to an activating group) is 1. The SMILES string of the molecule is CCOC(=O)C1CCCN(C(=O)C(=O)N(CC)c2ccccc2)C1. The third kappa shape index (κ3) is 4.13. The van der Waals surface area contributed by atoms with Crippen molar-refractivity contribution >= 4 is 23.5 Å². The van der Waals surface area contributed by atoms with Crippen LogP contribution in [0.1, 0.15) is 26.7 Å². The van der Waals surface area contributed by atoms with Crippen LogP contribution < -0.4 is 4.90 Å². The Hall–Kier alpha value is -2.37. The number of benzene rings is 1. The molecule has 0 aliphatic carbocycles. The Morgan fingerprint density at radius 2 is 1.92 bits per heavy atom. The molecule has 0 radical (unpaired) electrons. The van der Waals surface area contributed by atoms with E-state index in [2.05, 4.69) is 0 Å². The van der Waals surface area contributed by atoms with Crippen LogP contribution in [0.25, 0.3) is 0 Å². The third-order valence-corrected chi connectivity index (χ3v) is 4.14. The quantitative estimate of drug-likeness (QED) is 0.623. The number of esters is 1. The van der Waals surface area contributed by atoms with Crippen molar-refractivity contribution in [2.75, 3.05) is 31.1 Å². The zero-order valence-electron chi connectivity index (χ0n) is 14.2. The zero-order chi connectivity index (χ0) is 17.5. The Balaban J connectivity index is 2.06. The maximum Gasteiger partial charge on any atom is 0.316 e. The average Bonchev–Trinajstić information content (AvgIpc) is 2.63. The van der Waals surface area contributed by atoms with Crippen LogP contribution in [-0.2, 0) is 19.1 Å². The molecule has 1 atom stereocenters. The van der Waals surface area contributed by atoms with E-state index in [4.69, 9.17) is 4.74 Å². The lowest BCUT2D eigenvalue weighted by molar-refractivity contribution is -0.153. The largest absolute Gasteiger partial charge is 0.466 e. The summed E-state index contributed by atoms with van der Waals surface area (Å²) in [6.07, 6.45) is 1.38. The summed E-state index contributed by atoms with van der Waals surface area (Å²) in [5.41, 5.74) is 0.692. The molecule has 0 saturated carbocycles. The zero-order valence-corrected chi connectivity index (χ0v) is 14.2. The van der Waals surface area contributed by atoms with Gasteiger partial charge in [-0.15, -0.1) is 0 Å². The number of para-hydroxylation sites is 1. The molecule has 2 rings (SSSR count). The molecule has 1 heterocycles. The molecule has 0 spiro atoms. The molecule has 1 aromatic rings. The summed E-state index contributed by atoms with van der Waals surface area (Å²) in [5.74, 6) is -1.76. The lowest BCUT2D eigenvalue weighted by Gasteiger charge is -2.32. The van der Waals surface area contributed by atoms with Gasteiger partial charge < -0.3 is 14.5 Å². The van der Waals surface area contributed by atoms with Crippen molar-refractivity contribution < 1.29 is 19.1 Å². The highest BCUT2D eigenvalue weighted by atomic mass is 16.5. The van der Waals surface area contributed by atoms with Crippen LogP contribution >= 0.6 is 0 Å². The Morgan fingerprint density at radius 1 is 1.21 bits per heavy atom. The number of amides is 2. The smallest absolute Gasteiger partial charge is 0.316 e. The van der Waals surface area contributed by atoms with E-state index >= 15 is 0 Å². The van der Waals surface area contributed by atoms with Gasteiger partial charge in [0.15, 0.2) is 0 Å². The third-order valence-electron chi connectivity index (χ3n) is 4.14. The van der Waals surface area contributed by atoms with Gasteiger partial charge in [-0.1, -0.05) is 18.2 Å². The number of piperidine rings is 1. The Labute approximate surface area is 142 Å². The number of nitrogens with zero attached hydrogens (tertiary/aromatic N) is 2. The molecule has 0 bridgehead atoms. The molecule has 6 heteroatoms. The monoisotopic (exact) mass is 332 g/mol. The number of anilines is 1. The van der Waals surface area contributed by atoms with E-state index in [0.29, 0.717) is 38.2 Å². The summed E-state index contributed by atoms with van der Waals surface area (Å²) < 4.78 is 5.04. The average molecular weight is 332 g/mol. The molecule has 6 nitrogen and oxygen atoms in total. The normalized spacial score (nSPS) is 17.2. The summed E-state index contributed by atoms with van der Waals surface area (Å²) in [6, 6.07) is 9.11. The van der Waals surface area contributed by atoms with Crippen molar-refractivity contribution in [1.29, 1.82) is 0 Å². The molecule has 1 unspecified atom stereocenters. The predicted octanol–water partition coefficient (Wildman–Crippen LogP) is 1.84. The van der Waals surface area contributed by atoms with Gasteiger partial charge >= 0.3 is 17.8 Å². The molecule has 24 heavy (non-hydrogen) atoms. The van der Waals surface area contributed by atoms with Crippen LogP contribution in [0.15, 0.2) is 30.3 Å². The van der Waals surface area contributed by atoms with Gasteiger partial charge in [-0.05, 0) is 38.8 Å². The van der Waals surface area contributed by atoms with E-state index in [1.54, 1.807) is 19.1 Å². The van der Waals surface area contributed by atoms with Gasteiger partial charge in [-0.2, -0.15) is 0 Å². The summed E-state index contributed by atoms with van der Waals surface area (Å²) in [5, 5.41) is 0. The number of hydrogen-bond acceptors (Lipinski definition) is 4. The van der Waals surface area contributed by atoms with E-state index in [1.165, 1.54) is 9.80 Å². The Bertz CT molecular complexity index is 588. The summed E-state index contributed by atoms with van der Waals surface area (Å²) in [7, 11) is 0. The summed E-state index contributed by atoms with van der Waals surface area (Å²) >= 11 is 0. The first-order valence-electron chi connectivity index (χ1n) is 8.40. The van der Waals surface area contributed by atoms with Crippen LogP contribution in [0.2, 0.25) is 0 Å². The molecule has 0 aromatic heterocycles. The molecule has 1 aliphatic heterocycles. The second-order valence-electron chi connectivity index (χ2n) is 5.73. The van der Waals surface area contributed by atoms with Crippen LogP contribution in [0.4, 0.5) is 5.69 Å². The van der Waals surface area contributed by atoms with Gasteiger partial charge in [0, 0.05) is 25.3 Å². The van der Waals surface area contributed by atoms with Gasteiger partial charge in [0.25, 0.3) is 0 Å². The number of ether oxygens (including phenoxy) is 1. The van der Waals surface area contributed by atoms with Crippen LogP contribution in [0, 0.1) is 5.92 Å². The van der Waals surface area contributed by atoms with Crippen LogP contribution in [0.5, 0.6) is 0 Å². The molecule has 0 N–H and O–H groups in total. The van der Waals surface area contributed by atoms with Crippen LogP contribution in [0.3, 0.4) is 0 Å². The Kier molecular flexibility index (Phi) is 6.35. The van der Waals surface area contributed by atoms with Crippen molar-refractivity contribution in [2.45, 2.75) is 26.7 Å². The number of rotatable bonds is 4. The molecule has 130 valence electrons. The highest BCUT2D eigenvalue weighted by molar-refractivity contribution is 6.40. The molecule has 1 saturated heterocycles. The van der Waals surface area contributed by atoms with E-state index in [1.807, 2.05) is 25.1 Å². The fraction of sp³-hybridized carbons (Fsp3) is 0.500. The van der Waals surface area contributed by atoms with Crippen molar-refractivity contribution in [3.8, 4) is 0 Å². The lowest BCUT2D eigenvalue weighted by Crippen LogP contribution is -2.50. The van der Waals surface area contributed by atoms with Gasteiger partial charge in [-0.3, -0.25) is 14.4 Å². The van der Waals surface area contributed by atoms with Gasteiger partial charge in [0.05, 0.1) is 12.5 Å². The maximum atomic E-state index is 12.6. The highest BCUT2D eigenvalue weighted by Crippen LogP contribution is 2.20. The number of likely N-dealkylation sites (tertiary alicyclic amines) is 1. The fourth-order valence-corrected chi connectivity index (χ4v) is 2.92. The van der Waals surface area contributed by atoms with Crippen LogP contribution in [-0.4, -0.2) is 48.9 Å². The second-order valence-corrected chi connectivity index (χ2v) is 5.73. The summed E-state index contributed by atoms with van der Waals surface area (Å²) in [4.78, 5) is 40.0. The topological polar surface area (TPSA) is 66.9 Å². The molecule has 1 fully saturated rings. The fourth-order valence-electron chi connectivity index (χ4n) is 2.92. The minimum absolute atomic E-state index is 0.246. The van der Waals surface area contributed by atoms with Gasteiger partial charge in [-0.25, -0.2) is 0 Å². The van der Waals surface area contributed by atoms with Gasteiger partial charge in [0.2, 0.25) is 0 Å². The molecule has 1 aromatic carbocycles. The molecule has 1 aliphatic rings. The Morgan fingerprint density at radius 3 is 2.54 bits per heavy atom. The lowest BCUT2D eigenvalue weighted by atomic mass is 9.98. The van der Waals surface area contributed by atoms with Gasteiger partial charge in [0.1, 0.15) is 0 Å². The molecule has 2 amide bonds. The number of hydrogen-bond donors (Lipinski definition) is 0. The minimum atomic E-state index is -0.562. The molecular formula is C18H24N2O4. The van der Waals surface area contributed by atoms with Crippen molar-refractivity contribution in [2.24, 2.45) is 5.92 Å². The molecular weight excluding hydrogens is 308 g/mol.